The summed E-state index contributed by atoms with van der Waals surface area (Å²) in [4.78, 5) is 48.8. The fraction of sp³-hybridized carbons (Fsp3) is 0.468. The van der Waals surface area contributed by atoms with Gasteiger partial charge in [0.2, 0.25) is 5.62 Å². The van der Waals surface area contributed by atoms with E-state index in [4.69, 9.17) is 28.6 Å². The molecule has 7 rings (SSSR count). The number of alkyl carbamates (subject to hydrolysis) is 1. The summed E-state index contributed by atoms with van der Waals surface area (Å²) in [6.07, 6.45) is 0.373. The number of nitrogens with zero attached hydrogens (tertiary/aromatic N) is 3. The van der Waals surface area contributed by atoms with E-state index < -0.39 is 39.5 Å². The zero-order valence-corrected chi connectivity index (χ0v) is 39.2. The van der Waals surface area contributed by atoms with E-state index in [2.05, 4.69) is 80.2 Å². The normalized spacial score (nSPS) is 22.9. The Morgan fingerprint density at radius 3 is 2.26 bits per heavy atom. The third-order valence-corrected chi connectivity index (χ3v) is 17.1. The van der Waals surface area contributed by atoms with Crippen LogP contribution in [0.1, 0.15) is 94.4 Å². The molecule has 2 aliphatic heterocycles. The average molecular weight is 929 g/mol. The molecule has 7 atom stereocenters. The van der Waals surface area contributed by atoms with Gasteiger partial charge in [-0.05, 0) is 87.8 Å². The molecule has 2 fully saturated rings. The molecule has 3 N–H and O–H groups in total. The van der Waals surface area contributed by atoms with Gasteiger partial charge in [-0.15, -0.1) is 0 Å². The number of rotatable bonds is 12. The number of fused-ring (bicyclic) bond motifs is 4. The van der Waals surface area contributed by atoms with Gasteiger partial charge in [0.05, 0.1) is 19.8 Å². The maximum Gasteiger partial charge on any atom is 0.407 e. The molecule has 62 heavy (non-hydrogen) atoms. The topological polar surface area (TPSA) is 163 Å². The van der Waals surface area contributed by atoms with Crippen LogP contribution >= 0.6 is 15.9 Å². The first-order valence-electron chi connectivity index (χ1n) is 21.4. The van der Waals surface area contributed by atoms with Gasteiger partial charge in [-0.25, -0.2) is 9.59 Å². The highest BCUT2D eigenvalue weighted by atomic mass is 79.9. The van der Waals surface area contributed by atoms with Crippen molar-refractivity contribution in [2.24, 2.45) is 16.3 Å². The molecule has 0 spiro atoms. The van der Waals surface area contributed by atoms with Gasteiger partial charge in [-0.2, -0.15) is 4.98 Å². The number of amides is 2. The molecule has 13 nitrogen and oxygen atoms in total. The summed E-state index contributed by atoms with van der Waals surface area (Å²) in [7, 11) is -0.567. The minimum absolute atomic E-state index is 0.0252. The number of carbonyl (C=O) groups excluding carboxylic acids is 3. The molecule has 1 aliphatic carbocycles. The van der Waals surface area contributed by atoms with E-state index in [-0.39, 0.29) is 64.3 Å². The Bertz CT molecular complexity index is 2280. The highest BCUT2D eigenvalue weighted by Gasteiger charge is 2.58. The quantitative estimate of drug-likeness (QED) is 0.0729. The van der Waals surface area contributed by atoms with Crippen LogP contribution in [0.3, 0.4) is 0 Å². The number of methoxy groups -OCH3 is 1. The van der Waals surface area contributed by atoms with Crippen molar-refractivity contribution in [2.45, 2.75) is 102 Å². The molecule has 1 aromatic heterocycles. The minimum atomic E-state index is -1.85. The van der Waals surface area contributed by atoms with Crippen molar-refractivity contribution in [1.29, 1.82) is 0 Å². The number of ether oxygens (including phenoxy) is 3. The zero-order valence-electron chi connectivity index (χ0n) is 36.5. The molecule has 3 heterocycles. The van der Waals surface area contributed by atoms with Crippen LogP contribution in [0.2, 0.25) is 10.6 Å². The monoisotopic (exact) mass is 927 g/mol. The summed E-state index contributed by atoms with van der Waals surface area (Å²) in [6.45, 7) is 14.1. The number of aliphatic hydroxyl groups is 1. The van der Waals surface area contributed by atoms with Crippen molar-refractivity contribution in [3.05, 3.63) is 112 Å². The average Bonchev–Trinajstić information content (AvgIpc) is 3.75. The number of aliphatic hydroxyl groups excluding tert-OH is 1. The lowest BCUT2D eigenvalue weighted by Crippen LogP contribution is -2.53. The maximum absolute atomic E-state index is 13.2. The fourth-order valence-electron chi connectivity index (χ4n) is 9.32. The molecule has 0 radical (unpaired) electrons. The van der Waals surface area contributed by atoms with Crippen LogP contribution in [0.5, 0.6) is 0 Å². The molecule has 2 saturated heterocycles. The zero-order chi connectivity index (χ0) is 44.3. The van der Waals surface area contributed by atoms with Gasteiger partial charge < -0.3 is 34.4 Å². The third-order valence-electron chi connectivity index (χ3n) is 12.2. The second kappa shape index (κ2) is 19.0. The van der Waals surface area contributed by atoms with Crippen LogP contribution in [-0.2, 0) is 23.4 Å². The van der Waals surface area contributed by atoms with Gasteiger partial charge >= 0.3 is 12.1 Å². The summed E-state index contributed by atoms with van der Waals surface area (Å²) in [5, 5.41) is 17.7. The minimum Gasteiger partial charge on any atom is -0.467 e. The van der Waals surface area contributed by atoms with Crippen LogP contribution in [0.15, 0.2) is 94.5 Å². The van der Waals surface area contributed by atoms with Crippen molar-refractivity contribution >= 4 is 48.8 Å². The first-order chi connectivity index (χ1) is 29.5. The Labute approximate surface area is 373 Å². The van der Waals surface area contributed by atoms with Crippen molar-refractivity contribution < 1.29 is 38.1 Å². The number of esters is 1. The first kappa shape index (κ1) is 45.4. The van der Waals surface area contributed by atoms with Gasteiger partial charge in [0.15, 0.2) is 15.3 Å². The third kappa shape index (κ3) is 9.92. The molecule has 0 saturated carbocycles. The standard InChI is InChI=1S/C47H58BrN5O8Si/c1-46(2,3)40-38-36(27-60-62(40)47(4,5)6)61-42(39(38)54)53-25-23-37(51-41(55)28-19-21-29(48)22-20-28)52-44(53)49-24-13-12-18-35(43(56)58-7)50-45(57)59-26-34-32-16-10-8-14-30(32)31-15-9-11-17-33(31)34/h8-11,14-17,19-23,25,34-36,38-40,42,54,62H,12-13,18,24,26-27H2,1-7H3,(H,50,57)(H,49,51,52,55)/t35-,36+,38+,39+,40?,42+,62?/m0/s1. The van der Waals surface area contributed by atoms with Crippen molar-refractivity contribution in [3.8, 4) is 11.1 Å². The van der Waals surface area contributed by atoms with Crippen LogP contribution in [0, 0.1) is 11.3 Å². The van der Waals surface area contributed by atoms with Gasteiger partial charge in [0.1, 0.15) is 24.6 Å². The molecule has 3 aromatic carbocycles. The second-order valence-corrected chi connectivity index (χ2v) is 23.1. The number of hydrogen-bond donors (Lipinski definition) is 3. The molecule has 330 valence electrons. The predicted molar refractivity (Wildman–Crippen MR) is 242 cm³/mol. The molecule has 2 amide bonds. The summed E-state index contributed by atoms with van der Waals surface area (Å²) >= 11 is 3.41. The van der Waals surface area contributed by atoms with Gasteiger partial charge in [-0.3, -0.25) is 14.4 Å². The highest BCUT2D eigenvalue weighted by Crippen LogP contribution is 2.56. The molecule has 0 bridgehead atoms. The number of anilines is 1. The first-order valence-corrected chi connectivity index (χ1v) is 23.9. The number of aromatic nitrogens is 2. The van der Waals surface area contributed by atoms with Crippen LogP contribution in [0.4, 0.5) is 10.6 Å². The molecule has 3 aliphatic rings. The summed E-state index contributed by atoms with van der Waals surface area (Å²) in [5.41, 5.74) is 5.15. The number of nitrogens with one attached hydrogen (secondary N) is 2. The highest BCUT2D eigenvalue weighted by molar-refractivity contribution is 9.10. The van der Waals surface area contributed by atoms with E-state index in [0.717, 1.165) is 26.7 Å². The van der Waals surface area contributed by atoms with Crippen LogP contribution in [-0.4, -0.2) is 86.8 Å². The molecule has 15 heteroatoms. The van der Waals surface area contributed by atoms with Crippen molar-refractivity contribution in [3.63, 3.8) is 0 Å². The molecule has 2 unspecified atom stereocenters. The second-order valence-electron chi connectivity index (χ2n) is 18.5. The predicted octanol–water partition coefficient (Wildman–Crippen LogP) is 7.89. The summed E-state index contributed by atoms with van der Waals surface area (Å²) < 4.78 is 26.6. The van der Waals surface area contributed by atoms with Crippen molar-refractivity contribution in [2.75, 3.05) is 32.2 Å². The summed E-state index contributed by atoms with van der Waals surface area (Å²) in [5.74, 6) is -0.899. The van der Waals surface area contributed by atoms with Gasteiger partial charge in [0.25, 0.3) is 5.91 Å². The SMILES string of the molecule is COC(=O)[C@H](CCCCN=c1nc(NC(=O)c2ccc(Br)cc2)ccn1[C@@H]1O[C@@H]2CO[SiH](C(C)(C)C)C(C(C)(C)C)[C@H]2[C@H]1O)NC(=O)OCC1c2ccccc2-c2ccccc21. The molecular formula is C47H58BrN5O8Si. The van der Waals surface area contributed by atoms with E-state index in [1.165, 1.54) is 7.11 Å². The van der Waals surface area contributed by atoms with E-state index >= 15 is 0 Å². The number of hydrogen-bond acceptors (Lipinski definition) is 10. The Hall–Kier alpha value is -4.67. The van der Waals surface area contributed by atoms with Gasteiger partial charge in [-0.1, -0.05) is 106 Å². The number of carbonyl (C=O) groups is 3. The van der Waals surface area contributed by atoms with E-state index in [1.807, 2.05) is 36.4 Å². The number of unbranched alkanes of at least 4 members (excludes halogenated alkanes) is 1. The van der Waals surface area contributed by atoms with Crippen molar-refractivity contribution in [1.82, 2.24) is 14.9 Å². The lowest BCUT2D eigenvalue weighted by atomic mass is 9.79. The Balaban J connectivity index is 1.05. The Morgan fingerprint density at radius 2 is 1.63 bits per heavy atom. The summed E-state index contributed by atoms with van der Waals surface area (Å²) in [6, 6.07) is 23.9. The van der Waals surface area contributed by atoms with Crippen LogP contribution < -0.4 is 16.3 Å². The number of halogens is 1. The lowest BCUT2D eigenvalue weighted by Gasteiger charge is -2.50. The Morgan fingerprint density at radius 1 is 0.968 bits per heavy atom. The molecular weight excluding hydrogens is 871 g/mol. The van der Waals surface area contributed by atoms with E-state index in [0.29, 0.717) is 31.6 Å². The largest absolute Gasteiger partial charge is 0.467 e. The smallest absolute Gasteiger partial charge is 0.407 e. The maximum atomic E-state index is 13.2. The van der Waals surface area contributed by atoms with Gasteiger partial charge in [0, 0.05) is 34.6 Å². The van der Waals surface area contributed by atoms with E-state index in [9.17, 15) is 19.5 Å². The molecule has 4 aromatic rings. The Kier molecular flexibility index (Phi) is 13.9. The van der Waals surface area contributed by atoms with E-state index in [1.54, 1.807) is 41.1 Å². The fourth-order valence-corrected chi connectivity index (χ4v) is 13.6. The number of benzene rings is 3. The van der Waals surface area contributed by atoms with Crippen LogP contribution in [0.25, 0.3) is 11.1 Å². The lowest BCUT2D eigenvalue weighted by molar-refractivity contribution is -0.143.